The molecular weight excluding hydrogens is 333 g/mol. The molecule has 0 aromatic heterocycles. The Morgan fingerprint density at radius 1 is 1.09 bits per heavy atom. The van der Waals surface area contributed by atoms with Gasteiger partial charge in [-0.3, -0.25) is 9.35 Å². The Morgan fingerprint density at radius 2 is 1.48 bits per heavy atom. The van der Waals surface area contributed by atoms with Crippen LogP contribution in [-0.2, 0) is 19.7 Å². The summed E-state index contributed by atoms with van der Waals surface area (Å²) in [6.45, 7) is 3.84. The van der Waals surface area contributed by atoms with Crippen LogP contribution in [-0.4, -0.2) is 30.1 Å². The number of aliphatic carboxylic acids is 1. The van der Waals surface area contributed by atoms with Gasteiger partial charge in [0.1, 0.15) is 5.25 Å². The van der Waals surface area contributed by atoms with Crippen molar-refractivity contribution in [1.82, 2.24) is 0 Å². The molecule has 0 aromatic carbocycles. The Balaban J connectivity index is 0. The summed E-state index contributed by atoms with van der Waals surface area (Å²) in [5.41, 5.74) is 3.53. The average Bonchev–Trinajstić information content (AvgIpc) is 2.36. The van der Waals surface area contributed by atoms with Gasteiger partial charge in [-0.1, -0.05) is 52.4 Å². The van der Waals surface area contributed by atoms with E-state index in [1.54, 1.807) is 0 Å². The fraction of sp³-hybridized carbons (Fsp3) is 0.857. The van der Waals surface area contributed by atoms with Gasteiger partial charge in [0.05, 0.1) is 11.4 Å². The number of hydrogen-bond donors (Lipinski definition) is 2. The molecule has 0 aromatic rings. The fourth-order valence-corrected chi connectivity index (χ4v) is 3.94. The third kappa shape index (κ3) is 7.51. The third-order valence-corrected chi connectivity index (χ3v) is 5.20. The Hall–Kier alpha value is -0.150. The van der Waals surface area contributed by atoms with E-state index in [9.17, 15) is 27.7 Å². The van der Waals surface area contributed by atoms with Crippen LogP contribution in [0.15, 0.2) is 0 Å². The molecule has 0 aliphatic carbocycles. The van der Waals surface area contributed by atoms with E-state index in [4.69, 9.17) is 5.73 Å². The predicted octanol–water partition coefficient (Wildman–Crippen LogP) is -2.37. The largest absolute Gasteiger partial charge is 1.00 e. The monoisotopic (exact) mass is 359 g/mol. The molecule has 0 saturated carbocycles. The van der Waals surface area contributed by atoms with Crippen molar-refractivity contribution in [3.05, 3.63) is 0 Å². The molecule has 1 unspecified atom stereocenters. The molecular formula is C14H26NNaO6S. The molecule has 130 valence electrons. The number of carbonyl (C=O) groups is 2. The van der Waals surface area contributed by atoms with Gasteiger partial charge in [-0.05, 0) is 12.8 Å². The molecule has 1 amide bonds. The maximum atomic E-state index is 12.0. The van der Waals surface area contributed by atoms with Crippen LogP contribution >= 0.6 is 0 Å². The van der Waals surface area contributed by atoms with E-state index in [0.717, 1.165) is 12.8 Å². The summed E-state index contributed by atoms with van der Waals surface area (Å²) in [6, 6.07) is 0. The summed E-state index contributed by atoms with van der Waals surface area (Å²) < 4.78 is 32.3. The zero-order chi connectivity index (χ0) is 17.4. The molecule has 0 rings (SSSR count). The molecule has 9 heteroatoms. The third-order valence-electron chi connectivity index (χ3n) is 3.96. The van der Waals surface area contributed by atoms with Crippen LogP contribution in [0.5, 0.6) is 0 Å². The van der Waals surface area contributed by atoms with Crippen molar-refractivity contribution in [1.29, 1.82) is 0 Å². The van der Waals surface area contributed by atoms with Gasteiger partial charge in [0.25, 0.3) is 10.1 Å². The summed E-state index contributed by atoms with van der Waals surface area (Å²) >= 11 is 0. The number of carbonyl (C=O) groups excluding carboxylic acids is 2. The van der Waals surface area contributed by atoms with Gasteiger partial charge in [-0.15, -0.1) is 0 Å². The van der Waals surface area contributed by atoms with E-state index in [1.807, 2.05) is 13.8 Å². The summed E-state index contributed by atoms with van der Waals surface area (Å²) in [7, 11) is -5.00. The summed E-state index contributed by atoms with van der Waals surface area (Å²) in [6.07, 6.45) is 3.92. The van der Waals surface area contributed by atoms with Crippen LogP contribution in [0.4, 0.5) is 0 Å². The van der Waals surface area contributed by atoms with E-state index in [1.165, 1.54) is 0 Å². The van der Waals surface area contributed by atoms with Gasteiger partial charge in [-0.25, -0.2) is 0 Å². The number of primary amides is 1. The molecule has 3 N–H and O–H groups in total. The van der Waals surface area contributed by atoms with Gasteiger partial charge in [0, 0.05) is 0 Å². The van der Waals surface area contributed by atoms with Gasteiger partial charge >= 0.3 is 29.6 Å². The summed E-state index contributed by atoms with van der Waals surface area (Å²) in [4.78, 5) is 23.3. The second kappa shape index (κ2) is 11.4. The van der Waals surface area contributed by atoms with E-state index in [2.05, 4.69) is 0 Å². The first-order valence-corrected chi connectivity index (χ1v) is 9.10. The molecule has 1 atom stereocenters. The van der Waals surface area contributed by atoms with Crippen LogP contribution in [0.1, 0.15) is 65.2 Å². The number of rotatable bonds is 12. The Labute approximate surface area is 160 Å². The molecule has 0 aliphatic rings. The van der Waals surface area contributed by atoms with Gasteiger partial charge < -0.3 is 15.6 Å². The summed E-state index contributed by atoms with van der Waals surface area (Å²) in [5, 5.41) is 8.98. The van der Waals surface area contributed by atoms with Gasteiger partial charge in [-0.2, -0.15) is 8.42 Å². The molecule has 0 fully saturated rings. The number of carboxylic acid groups (broad SMARTS) is 1. The fourth-order valence-electron chi connectivity index (χ4n) is 2.78. The topological polar surface area (TPSA) is 138 Å². The normalized spacial score (nSPS) is 13.2. The maximum Gasteiger partial charge on any atom is 1.00 e. The SMILES string of the molecule is CCCCCC(CCCCC)(C(N)=O)C(C(=O)[O-])S(=O)(=O)O.[Na+]. The maximum absolute atomic E-state index is 12.0. The van der Waals surface area contributed by atoms with Gasteiger partial charge in [0.15, 0.2) is 0 Å². The van der Waals surface area contributed by atoms with Crippen molar-refractivity contribution in [2.24, 2.45) is 11.1 Å². The molecule has 0 aliphatic heterocycles. The minimum Gasteiger partial charge on any atom is -0.549 e. The van der Waals surface area contributed by atoms with Crippen LogP contribution in [0, 0.1) is 5.41 Å². The second-order valence-corrected chi connectivity index (χ2v) is 7.15. The quantitative estimate of drug-likeness (QED) is 0.227. The van der Waals surface area contributed by atoms with Crippen molar-refractivity contribution in [3.8, 4) is 0 Å². The number of carboxylic acids is 1. The first kappa shape index (κ1) is 25.1. The molecule has 0 spiro atoms. The molecule has 0 saturated heterocycles. The Kier molecular flexibility index (Phi) is 12.5. The first-order valence-electron chi connectivity index (χ1n) is 7.60. The predicted molar refractivity (Wildman–Crippen MR) is 80.3 cm³/mol. The van der Waals surface area contributed by atoms with Crippen molar-refractivity contribution >= 4 is 22.0 Å². The Bertz CT molecular complexity index is 470. The van der Waals surface area contributed by atoms with Crippen LogP contribution in [0.2, 0.25) is 0 Å². The first-order chi connectivity index (χ1) is 10.1. The van der Waals surface area contributed by atoms with Crippen LogP contribution in [0.25, 0.3) is 0 Å². The zero-order valence-corrected chi connectivity index (χ0v) is 17.0. The van der Waals surface area contributed by atoms with E-state index >= 15 is 0 Å². The van der Waals surface area contributed by atoms with Crippen molar-refractivity contribution in [3.63, 3.8) is 0 Å². The van der Waals surface area contributed by atoms with E-state index < -0.39 is 32.7 Å². The van der Waals surface area contributed by atoms with E-state index in [-0.39, 0.29) is 42.4 Å². The Morgan fingerprint density at radius 3 is 1.70 bits per heavy atom. The molecule has 7 nitrogen and oxygen atoms in total. The second-order valence-electron chi connectivity index (χ2n) is 5.65. The number of nitrogens with two attached hydrogens (primary N) is 1. The summed E-state index contributed by atoms with van der Waals surface area (Å²) in [5.74, 6) is -3.01. The number of unbranched alkanes of at least 4 members (excludes halogenated alkanes) is 4. The molecule has 0 bridgehead atoms. The molecule has 0 heterocycles. The average molecular weight is 359 g/mol. The van der Waals surface area contributed by atoms with Gasteiger partial charge in [0.2, 0.25) is 5.91 Å². The van der Waals surface area contributed by atoms with Crippen LogP contribution < -0.4 is 40.4 Å². The van der Waals surface area contributed by atoms with Crippen molar-refractivity contribution in [2.75, 3.05) is 0 Å². The van der Waals surface area contributed by atoms with E-state index in [0.29, 0.717) is 25.7 Å². The minimum absolute atomic E-state index is 0. The van der Waals surface area contributed by atoms with Crippen LogP contribution in [0.3, 0.4) is 0 Å². The minimum atomic E-state index is -5.00. The number of hydrogen-bond acceptors (Lipinski definition) is 5. The van der Waals surface area contributed by atoms with Crippen molar-refractivity contribution < 1.29 is 57.2 Å². The number of amides is 1. The van der Waals surface area contributed by atoms with Crippen molar-refractivity contribution in [2.45, 2.75) is 70.5 Å². The molecule has 0 radical (unpaired) electrons. The smallest absolute Gasteiger partial charge is 0.549 e. The zero-order valence-electron chi connectivity index (χ0n) is 14.2. The molecule has 23 heavy (non-hydrogen) atoms. The standard InChI is InChI=1S/C14H27NO6S.Na/c1-3-5-7-9-14(13(15)18,10-8-6-4-2)11(12(16)17)22(19,20)21;/h11H,3-10H2,1-2H3,(H2,15,18)(H,16,17)(H,19,20,21);/q;+1/p-1.